The van der Waals surface area contributed by atoms with Gasteiger partial charge >= 0.3 is 0 Å². The SMILES string of the molecule is CS(=O)(=O)CCNC(=O)c1cc(Cl)cc(S(N)(=O)=O)c1F. The van der Waals surface area contributed by atoms with Crippen LogP contribution in [0.25, 0.3) is 0 Å². The van der Waals surface area contributed by atoms with E-state index in [0.29, 0.717) is 0 Å². The lowest BCUT2D eigenvalue weighted by molar-refractivity contribution is 0.0951. The molecule has 0 aliphatic carbocycles. The fourth-order valence-electron chi connectivity index (χ4n) is 1.38. The zero-order chi connectivity index (χ0) is 16.4. The summed E-state index contributed by atoms with van der Waals surface area (Å²) in [4.78, 5) is 10.8. The van der Waals surface area contributed by atoms with Crippen molar-refractivity contribution in [2.75, 3.05) is 18.6 Å². The zero-order valence-electron chi connectivity index (χ0n) is 10.8. The Hall–Kier alpha value is -1.23. The first-order valence-corrected chi connectivity index (χ1v) is 9.38. The third-order valence-corrected chi connectivity index (χ3v) is 4.39. The third kappa shape index (κ3) is 5.23. The summed E-state index contributed by atoms with van der Waals surface area (Å²) >= 11 is 5.62. The molecule has 1 rings (SSSR count). The van der Waals surface area contributed by atoms with Crippen LogP contribution in [0.5, 0.6) is 0 Å². The summed E-state index contributed by atoms with van der Waals surface area (Å²) < 4.78 is 58.2. The van der Waals surface area contributed by atoms with E-state index >= 15 is 0 Å². The second-order valence-electron chi connectivity index (χ2n) is 4.20. The number of amides is 1. The van der Waals surface area contributed by atoms with Crippen LogP contribution in [0.2, 0.25) is 5.02 Å². The number of nitrogens with one attached hydrogen (secondary N) is 1. The summed E-state index contributed by atoms with van der Waals surface area (Å²) in [5.74, 6) is -2.69. The number of hydrogen-bond donors (Lipinski definition) is 2. The van der Waals surface area contributed by atoms with Gasteiger partial charge in [-0.3, -0.25) is 4.79 Å². The van der Waals surface area contributed by atoms with Crippen LogP contribution in [0.3, 0.4) is 0 Å². The van der Waals surface area contributed by atoms with E-state index in [9.17, 15) is 26.0 Å². The van der Waals surface area contributed by atoms with E-state index in [0.717, 1.165) is 18.4 Å². The molecule has 0 aromatic heterocycles. The van der Waals surface area contributed by atoms with Crippen molar-refractivity contribution in [2.45, 2.75) is 4.90 Å². The normalized spacial score (nSPS) is 12.2. The summed E-state index contributed by atoms with van der Waals surface area (Å²) in [5, 5.41) is 6.76. The smallest absolute Gasteiger partial charge is 0.254 e. The lowest BCUT2D eigenvalue weighted by Gasteiger charge is -2.09. The molecule has 0 unspecified atom stereocenters. The number of rotatable bonds is 5. The number of sulfonamides is 1. The van der Waals surface area contributed by atoms with E-state index in [1.165, 1.54) is 0 Å². The van der Waals surface area contributed by atoms with E-state index in [4.69, 9.17) is 16.7 Å². The molecule has 1 aromatic rings. The fraction of sp³-hybridized carbons (Fsp3) is 0.300. The van der Waals surface area contributed by atoms with Crippen LogP contribution in [0, 0.1) is 5.82 Å². The molecule has 7 nitrogen and oxygen atoms in total. The van der Waals surface area contributed by atoms with Crippen LogP contribution in [0.4, 0.5) is 4.39 Å². The third-order valence-electron chi connectivity index (χ3n) is 2.31. The largest absolute Gasteiger partial charge is 0.351 e. The van der Waals surface area contributed by atoms with Gasteiger partial charge in [0, 0.05) is 17.8 Å². The molecule has 0 heterocycles. The average molecular weight is 359 g/mol. The van der Waals surface area contributed by atoms with Gasteiger partial charge in [-0.05, 0) is 12.1 Å². The Morgan fingerprint density at radius 1 is 1.33 bits per heavy atom. The molecule has 0 aliphatic heterocycles. The predicted octanol–water partition coefficient (Wildman–Crippen LogP) is -0.0991. The van der Waals surface area contributed by atoms with Crippen molar-refractivity contribution in [3.8, 4) is 0 Å². The van der Waals surface area contributed by atoms with Crippen LogP contribution in [0.1, 0.15) is 10.4 Å². The Bertz CT molecular complexity index is 777. The topological polar surface area (TPSA) is 123 Å². The van der Waals surface area contributed by atoms with Gasteiger partial charge in [0.25, 0.3) is 5.91 Å². The van der Waals surface area contributed by atoms with Crippen molar-refractivity contribution in [1.29, 1.82) is 0 Å². The van der Waals surface area contributed by atoms with Crippen LogP contribution in [0.15, 0.2) is 17.0 Å². The van der Waals surface area contributed by atoms with Gasteiger partial charge in [-0.2, -0.15) is 0 Å². The molecule has 0 saturated carbocycles. The Balaban J connectivity index is 3.08. The molecule has 0 fully saturated rings. The van der Waals surface area contributed by atoms with Crippen LogP contribution in [-0.4, -0.2) is 41.3 Å². The molecule has 1 amide bonds. The number of halogens is 2. The minimum absolute atomic E-state index is 0.200. The van der Waals surface area contributed by atoms with Crippen LogP contribution >= 0.6 is 11.6 Å². The predicted molar refractivity (Wildman–Crippen MR) is 74.8 cm³/mol. The van der Waals surface area contributed by atoms with Crippen molar-refractivity contribution in [3.63, 3.8) is 0 Å². The van der Waals surface area contributed by atoms with Gasteiger partial charge < -0.3 is 5.32 Å². The van der Waals surface area contributed by atoms with Crippen molar-refractivity contribution < 1.29 is 26.0 Å². The molecule has 1 aromatic carbocycles. The van der Waals surface area contributed by atoms with Crippen molar-refractivity contribution in [2.24, 2.45) is 5.14 Å². The lowest BCUT2D eigenvalue weighted by Crippen LogP contribution is -2.30. The summed E-state index contributed by atoms with van der Waals surface area (Å²) in [6, 6.07) is 1.70. The quantitative estimate of drug-likeness (QED) is 0.760. The molecule has 0 saturated heterocycles. The van der Waals surface area contributed by atoms with Gasteiger partial charge in [0.2, 0.25) is 10.0 Å². The van der Waals surface area contributed by atoms with Gasteiger partial charge in [-0.15, -0.1) is 0 Å². The first-order valence-electron chi connectivity index (χ1n) is 5.39. The van der Waals surface area contributed by atoms with Crippen molar-refractivity contribution >= 4 is 37.4 Å². The van der Waals surface area contributed by atoms with Crippen LogP contribution in [-0.2, 0) is 19.9 Å². The number of carbonyl (C=O) groups excluding carboxylic acids is 1. The maximum absolute atomic E-state index is 14.0. The number of hydrogen-bond acceptors (Lipinski definition) is 5. The number of carbonyl (C=O) groups is 1. The van der Waals surface area contributed by atoms with E-state index in [-0.39, 0.29) is 17.3 Å². The highest BCUT2D eigenvalue weighted by atomic mass is 35.5. The fourth-order valence-corrected chi connectivity index (χ4v) is 2.79. The van der Waals surface area contributed by atoms with E-state index < -0.39 is 42.0 Å². The van der Waals surface area contributed by atoms with E-state index in [1.54, 1.807) is 0 Å². The zero-order valence-corrected chi connectivity index (χ0v) is 13.1. The summed E-state index contributed by atoms with van der Waals surface area (Å²) in [6.07, 6.45) is 0.970. The Labute approximate surface area is 126 Å². The van der Waals surface area contributed by atoms with Crippen molar-refractivity contribution in [1.82, 2.24) is 5.32 Å². The molecule has 118 valence electrons. The maximum atomic E-state index is 14.0. The minimum Gasteiger partial charge on any atom is -0.351 e. The molecule has 0 radical (unpaired) electrons. The van der Waals surface area contributed by atoms with E-state index in [1.807, 2.05) is 0 Å². The molecule has 0 aliphatic rings. The molecule has 0 spiro atoms. The molecule has 21 heavy (non-hydrogen) atoms. The molecular weight excluding hydrogens is 347 g/mol. The summed E-state index contributed by atoms with van der Waals surface area (Å²) in [6.45, 7) is -0.256. The van der Waals surface area contributed by atoms with Gasteiger partial charge in [-0.1, -0.05) is 11.6 Å². The monoisotopic (exact) mass is 358 g/mol. The van der Waals surface area contributed by atoms with Crippen LogP contribution < -0.4 is 10.5 Å². The number of nitrogens with two attached hydrogens (primary N) is 1. The number of primary sulfonamides is 1. The second-order valence-corrected chi connectivity index (χ2v) is 8.42. The maximum Gasteiger partial charge on any atom is 0.254 e. The van der Waals surface area contributed by atoms with Gasteiger partial charge in [0.1, 0.15) is 14.7 Å². The molecule has 0 atom stereocenters. The highest BCUT2D eigenvalue weighted by molar-refractivity contribution is 7.90. The van der Waals surface area contributed by atoms with Gasteiger partial charge in [0.05, 0.1) is 11.3 Å². The molecule has 0 bridgehead atoms. The number of benzene rings is 1. The Kier molecular flexibility index (Phi) is 5.31. The first kappa shape index (κ1) is 17.8. The van der Waals surface area contributed by atoms with Crippen molar-refractivity contribution in [3.05, 3.63) is 28.5 Å². The Morgan fingerprint density at radius 2 is 1.90 bits per heavy atom. The summed E-state index contributed by atoms with van der Waals surface area (Å²) in [5.41, 5.74) is -0.639. The summed E-state index contributed by atoms with van der Waals surface area (Å²) in [7, 11) is -7.69. The first-order chi connectivity index (χ1) is 9.42. The Morgan fingerprint density at radius 3 is 2.38 bits per heavy atom. The van der Waals surface area contributed by atoms with Gasteiger partial charge in [0.15, 0.2) is 5.82 Å². The minimum atomic E-state index is -4.39. The highest BCUT2D eigenvalue weighted by Crippen LogP contribution is 2.22. The van der Waals surface area contributed by atoms with E-state index in [2.05, 4.69) is 5.32 Å². The standard InChI is InChI=1S/C10H12ClFN2O5S2/c1-20(16,17)3-2-14-10(15)7-4-6(11)5-8(9(7)12)21(13,18)19/h4-5H,2-3H2,1H3,(H,14,15)(H2,13,18,19). The highest BCUT2D eigenvalue weighted by Gasteiger charge is 2.22. The lowest BCUT2D eigenvalue weighted by atomic mass is 10.2. The second kappa shape index (κ2) is 6.26. The molecule has 11 heteroatoms. The van der Waals surface area contributed by atoms with Gasteiger partial charge in [-0.25, -0.2) is 26.4 Å². The molecular formula is C10H12ClFN2O5S2. The average Bonchev–Trinajstić information content (AvgIpc) is 2.28. The number of sulfone groups is 1. The molecule has 3 N–H and O–H groups in total.